The molecule has 3 aliphatic rings. The minimum atomic E-state index is -0.224. The van der Waals surface area contributed by atoms with Crippen LogP contribution in [0, 0.1) is 0 Å². The van der Waals surface area contributed by atoms with Crippen LogP contribution < -0.4 is 5.32 Å². The van der Waals surface area contributed by atoms with E-state index in [1.165, 1.54) is 25.7 Å². The van der Waals surface area contributed by atoms with Crippen molar-refractivity contribution in [3.05, 3.63) is 12.2 Å². The van der Waals surface area contributed by atoms with Crippen LogP contribution in [-0.4, -0.2) is 87.9 Å². The number of rotatable bonds is 6. The Morgan fingerprint density at radius 3 is 2.63 bits per heavy atom. The molecule has 1 N–H and O–H groups in total. The van der Waals surface area contributed by atoms with Gasteiger partial charge in [0.15, 0.2) is 5.96 Å². The highest BCUT2D eigenvalue weighted by Gasteiger charge is 2.31. The van der Waals surface area contributed by atoms with Gasteiger partial charge in [-0.1, -0.05) is 19.8 Å². The molecule has 1 aromatic rings. The van der Waals surface area contributed by atoms with E-state index in [0.717, 1.165) is 63.8 Å². The maximum Gasteiger partial charge on any atom is 0.251 e. The summed E-state index contributed by atoms with van der Waals surface area (Å²) in [6.45, 7) is 7.36. The van der Waals surface area contributed by atoms with Gasteiger partial charge in [-0.25, -0.2) is 0 Å². The van der Waals surface area contributed by atoms with Gasteiger partial charge in [-0.05, 0) is 25.7 Å². The zero-order valence-electron chi connectivity index (χ0n) is 18.1. The summed E-state index contributed by atoms with van der Waals surface area (Å²) in [6.07, 6.45) is 9.28. The summed E-state index contributed by atoms with van der Waals surface area (Å²) >= 11 is 0. The summed E-state index contributed by atoms with van der Waals surface area (Å²) in [6, 6.07) is 0.511. The monoisotopic (exact) mass is 417 g/mol. The maximum absolute atomic E-state index is 12.6. The number of aliphatic imine (C=N–C) groups is 1. The highest BCUT2D eigenvalue weighted by molar-refractivity contribution is 5.83. The smallest absolute Gasteiger partial charge is 0.251 e. The third-order valence-corrected chi connectivity index (χ3v) is 6.40. The number of amides is 1. The molecule has 0 spiro atoms. The normalized spacial score (nSPS) is 23.4. The zero-order chi connectivity index (χ0) is 20.8. The molecule has 3 fully saturated rings. The van der Waals surface area contributed by atoms with Crippen LogP contribution in [0.4, 0.5) is 0 Å². The first-order valence-corrected chi connectivity index (χ1v) is 11.6. The topological polar surface area (TPSA) is 87.9 Å². The molecule has 1 unspecified atom stereocenters. The first-order valence-electron chi connectivity index (χ1n) is 11.6. The van der Waals surface area contributed by atoms with E-state index in [-0.39, 0.29) is 12.0 Å². The van der Waals surface area contributed by atoms with Crippen LogP contribution in [0.5, 0.6) is 0 Å². The van der Waals surface area contributed by atoms with Crippen LogP contribution in [0.25, 0.3) is 0 Å². The summed E-state index contributed by atoms with van der Waals surface area (Å²) in [4.78, 5) is 21.8. The molecule has 0 radical (unpaired) electrons. The number of nitrogens with zero attached hydrogens (tertiary/aromatic N) is 6. The van der Waals surface area contributed by atoms with E-state index in [1.54, 1.807) is 6.33 Å². The number of ether oxygens (including phenoxy) is 1. The number of aromatic nitrogens is 3. The quantitative estimate of drug-likeness (QED) is 0.550. The molecule has 1 aliphatic carbocycles. The third-order valence-electron chi connectivity index (χ3n) is 6.40. The van der Waals surface area contributed by atoms with Gasteiger partial charge in [0.1, 0.15) is 18.3 Å². The van der Waals surface area contributed by atoms with Gasteiger partial charge in [-0.15, -0.1) is 10.2 Å². The van der Waals surface area contributed by atoms with Crippen LogP contribution in [0.3, 0.4) is 0 Å². The fraction of sp³-hybridized carbons (Fsp3) is 0.810. The van der Waals surface area contributed by atoms with Gasteiger partial charge >= 0.3 is 0 Å². The summed E-state index contributed by atoms with van der Waals surface area (Å²) < 4.78 is 7.66. The van der Waals surface area contributed by atoms with Crippen LogP contribution in [0.15, 0.2) is 11.3 Å². The molecular formula is C21H35N7O2. The highest BCUT2D eigenvalue weighted by Crippen LogP contribution is 2.19. The molecule has 3 heterocycles. The molecular weight excluding hydrogens is 382 g/mol. The summed E-state index contributed by atoms with van der Waals surface area (Å²) in [7, 11) is 0. The lowest BCUT2D eigenvalue weighted by Gasteiger charge is -2.38. The van der Waals surface area contributed by atoms with Gasteiger partial charge < -0.3 is 24.4 Å². The van der Waals surface area contributed by atoms with Gasteiger partial charge in [0.25, 0.3) is 5.91 Å². The molecule has 9 heteroatoms. The predicted molar refractivity (Wildman–Crippen MR) is 114 cm³/mol. The zero-order valence-corrected chi connectivity index (χ0v) is 18.1. The van der Waals surface area contributed by atoms with E-state index in [2.05, 4.69) is 31.9 Å². The minimum absolute atomic E-state index is 0.161. The molecule has 0 bridgehead atoms. The van der Waals surface area contributed by atoms with Crippen molar-refractivity contribution in [2.75, 3.05) is 39.3 Å². The molecule has 2 saturated heterocycles. The van der Waals surface area contributed by atoms with E-state index in [0.29, 0.717) is 19.2 Å². The van der Waals surface area contributed by atoms with Crippen LogP contribution in [0.1, 0.15) is 51.3 Å². The molecule has 9 nitrogen and oxygen atoms in total. The van der Waals surface area contributed by atoms with E-state index < -0.39 is 0 Å². The van der Waals surface area contributed by atoms with Crippen molar-refractivity contribution >= 4 is 11.9 Å². The largest absolute Gasteiger partial charge is 0.368 e. The molecule has 0 aromatic carbocycles. The third kappa shape index (κ3) is 5.11. The summed E-state index contributed by atoms with van der Waals surface area (Å²) in [5.41, 5.74) is 0. The average Bonchev–Trinajstić information content (AvgIpc) is 3.55. The fourth-order valence-electron chi connectivity index (χ4n) is 4.61. The Balaban J connectivity index is 1.35. The SMILES string of the molecule is CCc1nncn1CCN=C(NC1CCCC1)N1CCN(C(=O)C2CCCO2)CC1. The molecule has 166 valence electrons. The van der Waals surface area contributed by atoms with Crippen molar-refractivity contribution < 1.29 is 9.53 Å². The van der Waals surface area contributed by atoms with Crippen molar-refractivity contribution in [1.82, 2.24) is 29.9 Å². The molecule has 2 aliphatic heterocycles. The van der Waals surface area contributed by atoms with Crippen molar-refractivity contribution in [3.8, 4) is 0 Å². The van der Waals surface area contributed by atoms with Gasteiger partial charge in [0.2, 0.25) is 0 Å². The lowest BCUT2D eigenvalue weighted by molar-refractivity contribution is -0.142. The summed E-state index contributed by atoms with van der Waals surface area (Å²) in [5, 5.41) is 11.9. The second kappa shape index (κ2) is 10.2. The molecule has 1 amide bonds. The molecule has 4 rings (SSSR count). The number of carbonyl (C=O) groups is 1. The lowest BCUT2D eigenvalue weighted by atomic mass is 10.2. The Morgan fingerprint density at radius 2 is 1.93 bits per heavy atom. The van der Waals surface area contributed by atoms with Crippen LogP contribution in [0.2, 0.25) is 0 Å². The molecule has 30 heavy (non-hydrogen) atoms. The highest BCUT2D eigenvalue weighted by atomic mass is 16.5. The second-order valence-corrected chi connectivity index (χ2v) is 8.44. The maximum atomic E-state index is 12.6. The number of piperazine rings is 1. The van der Waals surface area contributed by atoms with Gasteiger partial charge in [-0.2, -0.15) is 0 Å². The van der Waals surface area contributed by atoms with Gasteiger partial charge in [0, 0.05) is 51.8 Å². The van der Waals surface area contributed by atoms with Crippen molar-refractivity contribution in [3.63, 3.8) is 0 Å². The number of hydrogen-bond donors (Lipinski definition) is 1. The van der Waals surface area contributed by atoms with Crippen molar-refractivity contribution in [2.24, 2.45) is 4.99 Å². The standard InChI is InChI=1S/C21H35N7O2/c1-2-19-25-23-16-28(19)10-9-22-21(24-17-6-3-4-7-17)27-13-11-26(12-14-27)20(29)18-8-5-15-30-18/h16-18H,2-15H2,1H3,(H,22,24). The van der Waals surface area contributed by atoms with E-state index in [1.807, 2.05) is 4.90 Å². The Kier molecular flexibility index (Phi) is 7.20. The van der Waals surface area contributed by atoms with Crippen molar-refractivity contribution in [1.29, 1.82) is 0 Å². The van der Waals surface area contributed by atoms with Crippen LogP contribution >= 0.6 is 0 Å². The number of guanidine groups is 1. The van der Waals surface area contributed by atoms with E-state index in [9.17, 15) is 4.79 Å². The summed E-state index contributed by atoms with van der Waals surface area (Å²) in [5.74, 6) is 2.14. The number of aryl methyl sites for hydroxylation is 1. The minimum Gasteiger partial charge on any atom is -0.368 e. The number of carbonyl (C=O) groups excluding carboxylic acids is 1. The Morgan fingerprint density at radius 1 is 1.17 bits per heavy atom. The Labute approximate surface area is 178 Å². The fourth-order valence-corrected chi connectivity index (χ4v) is 4.61. The number of nitrogens with one attached hydrogen (secondary N) is 1. The van der Waals surface area contributed by atoms with Crippen molar-refractivity contribution in [2.45, 2.75) is 70.6 Å². The van der Waals surface area contributed by atoms with Gasteiger partial charge in [0.05, 0.1) is 6.54 Å². The molecule has 1 atom stereocenters. The first-order chi connectivity index (χ1) is 14.7. The van der Waals surface area contributed by atoms with Crippen LogP contribution in [-0.2, 0) is 22.5 Å². The van der Waals surface area contributed by atoms with E-state index in [4.69, 9.17) is 9.73 Å². The number of hydrogen-bond acceptors (Lipinski definition) is 5. The first kappa shape index (κ1) is 21.1. The Bertz CT molecular complexity index is 715. The molecule has 1 saturated carbocycles. The van der Waals surface area contributed by atoms with Gasteiger partial charge in [-0.3, -0.25) is 9.79 Å². The predicted octanol–water partition coefficient (Wildman–Crippen LogP) is 1.05. The van der Waals surface area contributed by atoms with E-state index >= 15 is 0 Å². The molecule has 1 aromatic heterocycles. The average molecular weight is 418 g/mol. The lowest BCUT2D eigenvalue weighted by Crippen LogP contribution is -2.56. The Hall–Kier alpha value is -2.16. The second-order valence-electron chi connectivity index (χ2n) is 8.44.